The van der Waals surface area contributed by atoms with Crippen LogP contribution in [0.2, 0.25) is 0 Å². The number of amides is 3. The smallest absolute Gasteiger partial charge is 0.339 e. The highest BCUT2D eigenvalue weighted by atomic mass is 16.5. The van der Waals surface area contributed by atoms with E-state index in [1.165, 1.54) is 0 Å². The summed E-state index contributed by atoms with van der Waals surface area (Å²) in [7, 11) is 0. The number of nitrogens with zero attached hydrogens (tertiary/aromatic N) is 3. The van der Waals surface area contributed by atoms with Crippen molar-refractivity contribution in [3.8, 4) is 11.3 Å². The van der Waals surface area contributed by atoms with Gasteiger partial charge in [0.05, 0.1) is 22.8 Å². The number of furan rings is 1. The molecule has 0 aliphatic rings. The lowest BCUT2D eigenvalue weighted by Crippen LogP contribution is -2.44. The largest absolute Gasteiger partial charge is 0.466 e. The number of hydrogen-bond donors (Lipinski definition) is 2. The maximum Gasteiger partial charge on any atom is 0.339 e. The molecule has 32 heavy (non-hydrogen) atoms. The first kappa shape index (κ1) is 23.0. The third kappa shape index (κ3) is 4.96. The molecule has 10 heteroatoms. The van der Waals surface area contributed by atoms with E-state index in [2.05, 4.69) is 15.7 Å². The average Bonchev–Trinajstić information content (AvgIpc) is 3.27. The number of nitrogens with one attached hydrogen (secondary N) is 2. The summed E-state index contributed by atoms with van der Waals surface area (Å²) in [6.45, 7) is 10.5. The van der Waals surface area contributed by atoms with Crippen LogP contribution in [0.4, 0.5) is 4.79 Å². The van der Waals surface area contributed by atoms with Gasteiger partial charge in [-0.1, -0.05) is 0 Å². The zero-order valence-corrected chi connectivity index (χ0v) is 19.0. The van der Waals surface area contributed by atoms with Crippen molar-refractivity contribution in [3.05, 3.63) is 35.4 Å². The van der Waals surface area contributed by atoms with Gasteiger partial charge in [-0.2, -0.15) is 5.10 Å². The Balaban J connectivity index is 1.91. The first-order valence-electron chi connectivity index (χ1n) is 10.3. The van der Waals surface area contributed by atoms with Crippen LogP contribution >= 0.6 is 0 Å². The van der Waals surface area contributed by atoms with Crippen LogP contribution in [0.1, 0.15) is 55.6 Å². The number of pyridine rings is 1. The molecule has 3 aromatic heterocycles. The number of carbonyl (C=O) groups excluding carboxylic acids is 3. The lowest BCUT2D eigenvalue weighted by Gasteiger charge is -2.11. The van der Waals surface area contributed by atoms with Crippen LogP contribution in [-0.4, -0.2) is 45.3 Å². The molecule has 3 amide bonds. The van der Waals surface area contributed by atoms with Crippen LogP contribution in [0, 0.1) is 13.8 Å². The standard InChI is InChI=1S/C22H27N5O5/c1-11(2)24-22(30)26-19(28)10-31-21(29)16-8-18(15-7-13(5)32-14(15)6)25-20-17(16)9-23-27(20)12(3)4/h7-9,11-12H,10H2,1-6H3,(H2,24,26,28,30). The molecule has 0 radical (unpaired) electrons. The summed E-state index contributed by atoms with van der Waals surface area (Å²) < 4.78 is 12.5. The van der Waals surface area contributed by atoms with Crippen LogP contribution < -0.4 is 10.6 Å². The Kier molecular flexibility index (Phi) is 6.61. The molecule has 3 rings (SSSR count). The number of carbonyl (C=O) groups is 3. The average molecular weight is 441 g/mol. The van der Waals surface area contributed by atoms with Crippen molar-refractivity contribution < 1.29 is 23.5 Å². The SMILES string of the molecule is Cc1cc(-c2cc(C(=O)OCC(=O)NC(=O)NC(C)C)c3cnn(C(C)C)c3n2)c(C)o1. The number of fused-ring (bicyclic) bond motifs is 1. The van der Waals surface area contributed by atoms with Gasteiger partial charge in [-0.05, 0) is 53.7 Å². The number of imide groups is 1. The zero-order chi connectivity index (χ0) is 23.6. The number of hydrogen-bond acceptors (Lipinski definition) is 7. The van der Waals surface area contributed by atoms with E-state index in [-0.39, 0.29) is 17.6 Å². The zero-order valence-electron chi connectivity index (χ0n) is 19.0. The Hall–Kier alpha value is -3.69. The summed E-state index contributed by atoms with van der Waals surface area (Å²) in [6.07, 6.45) is 1.55. The van der Waals surface area contributed by atoms with Gasteiger partial charge in [0.15, 0.2) is 12.3 Å². The highest BCUT2D eigenvalue weighted by molar-refractivity contribution is 6.05. The summed E-state index contributed by atoms with van der Waals surface area (Å²) in [6, 6.07) is 2.66. The number of aryl methyl sites for hydroxylation is 2. The van der Waals surface area contributed by atoms with Crippen LogP contribution in [0.15, 0.2) is 22.7 Å². The van der Waals surface area contributed by atoms with Gasteiger partial charge in [-0.15, -0.1) is 0 Å². The minimum atomic E-state index is -0.735. The van der Waals surface area contributed by atoms with Gasteiger partial charge < -0.3 is 14.5 Å². The molecule has 0 unspecified atom stereocenters. The second-order valence-corrected chi connectivity index (χ2v) is 8.05. The van der Waals surface area contributed by atoms with Crippen LogP contribution in [0.5, 0.6) is 0 Å². The van der Waals surface area contributed by atoms with Gasteiger partial charge in [0.2, 0.25) is 0 Å². The van der Waals surface area contributed by atoms with E-state index in [0.29, 0.717) is 22.5 Å². The van der Waals surface area contributed by atoms with Gasteiger partial charge in [-0.3, -0.25) is 10.1 Å². The molecule has 170 valence electrons. The second-order valence-electron chi connectivity index (χ2n) is 8.05. The normalized spacial score (nSPS) is 11.2. The summed E-state index contributed by atoms with van der Waals surface area (Å²) in [5.74, 6) is -0.0718. The summed E-state index contributed by atoms with van der Waals surface area (Å²) in [5, 5.41) is 9.49. The van der Waals surface area contributed by atoms with Crippen LogP contribution in [0.25, 0.3) is 22.3 Å². The molecule has 0 fully saturated rings. The Labute approximate surface area is 185 Å². The number of ether oxygens (including phenoxy) is 1. The minimum absolute atomic E-state index is 0.0107. The lowest BCUT2D eigenvalue weighted by atomic mass is 10.1. The van der Waals surface area contributed by atoms with E-state index in [1.807, 2.05) is 33.8 Å². The molecular weight excluding hydrogens is 414 g/mol. The number of urea groups is 1. The Morgan fingerprint density at radius 3 is 2.47 bits per heavy atom. The van der Waals surface area contributed by atoms with Crippen molar-refractivity contribution in [2.24, 2.45) is 0 Å². The van der Waals surface area contributed by atoms with E-state index in [1.54, 1.807) is 30.8 Å². The van der Waals surface area contributed by atoms with E-state index in [0.717, 1.165) is 11.3 Å². The molecule has 3 aromatic rings. The molecule has 0 aliphatic carbocycles. The van der Waals surface area contributed by atoms with Gasteiger partial charge in [0.1, 0.15) is 11.5 Å². The van der Waals surface area contributed by atoms with Crippen molar-refractivity contribution in [1.29, 1.82) is 0 Å². The number of rotatable bonds is 6. The van der Waals surface area contributed by atoms with Crippen molar-refractivity contribution in [1.82, 2.24) is 25.4 Å². The molecule has 0 bridgehead atoms. The van der Waals surface area contributed by atoms with Crippen LogP contribution in [0.3, 0.4) is 0 Å². The molecule has 3 heterocycles. The molecule has 0 spiro atoms. The fourth-order valence-electron chi connectivity index (χ4n) is 3.26. The highest BCUT2D eigenvalue weighted by Gasteiger charge is 2.22. The molecule has 10 nitrogen and oxygen atoms in total. The molecule has 0 aromatic carbocycles. The Morgan fingerprint density at radius 1 is 1.16 bits per heavy atom. The lowest BCUT2D eigenvalue weighted by molar-refractivity contribution is -0.123. The molecule has 0 saturated carbocycles. The van der Waals surface area contributed by atoms with Gasteiger partial charge in [0.25, 0.3) is 5.91 Å². The number of aromatic nitrogens is 3. The van der Waals surface area contributed by atoms with Gasteiger partial charge >= 0.3 is 12.0 Å². The molecule has 2 N–H and O–H groups in total. The van der Waals surface area contributed by atoms with Crippen LogP contribution in [-0.2, 0) is 9.53 Å². The van der Waals surface area contributed by atoms with Crippen molar-refractivity contribution in [3.63, 3.8) is 0 Å². The quantitative estimate of drug-likeness (QED) is 0.562. The third-order valence-electron chi connectivity index (χ3n) is 4.60. The topological polar surface area (TPSA) is 128 Å². The van der Waals surface area contributed by atoms with E-state index in [4.69, 9.17) is 14.1 Å². The Morgan fingerprint density at radius 2 is 1.88 bits per heavy atom. The summed E-state index contributed by atoms with van der Waals surface area (Å²) >= 11 is 0. The summed E-state index contributed by atoms with van der Waals surface area (Å²) in [5.41, 5.74) is 2.01. The predicted octanol–water partition coefficient (Wildman–Crippen LogP) is 3.28. The fourth-order valence-corrected chi connectivity index (χ4v) is 3.26. The summed E-state index contributed by atoms with van der Waals surface area (Å²) in [4.78, 5) is 41.2. The minimum Gasteiger partial charge on any atom is -0.466 e. The maximum atomic E-state index is 12.9. The van der Waals surface area contributed by atoms with Gasteiger partial charge in [0, 0.05) is 17.6 Å². The monoisotopic (exact) mass is 441 g/mol. The first-order valence-corrected chi connectivity index (χ1v) is 10.3. The second kappa shape index (κ2) is 9.21. The van der Waals surface area contributed by atoms with E-state index in [9.17, 15) is 14.4 Å². The highest BCUT2D eigenvalue weighted by Crippen LogP contribution is 2.30. The Bertz CT molecular complexity index is 1180. The number of esters is 1. The molecule has 0 atom stereocenters. The predicted molar refractivity (Wildman–Crippen MR) is 117 cm³/mol. The molecule has 0 aliphatic heterocycles. The first-order chi connectivity index (χ1) is 15.1. The van der Waals surface area contributed by atoms with Crippen molar-refractivity contribution in [2.45, 2.75) is 53.6 Å². The fraction of sp³-hybridized carbons (Fsp3) is 0.409. The maximum absolute atomic E-state index is 12.9. The third-order valence-corrected chi connectivity index (χ3v) is 4.60. The molecule has 0 saturated heterocycles. The van der Waals surface area contributed by atoms with Crippen molar-refractivity contribution in [2.75, 3.05) is 6.61 Å². The van der Waals surface area contributed by atoms with E-state index >= 15 is 0 Å². The van der Waals surface area contributed by atoms with Crippen molar-refractivity contribution >= 4 is 28.9 Å². The van der Waals surface area contributed by atoms with Gasteiger partial charge in [-0.25, -0.2) is 19.3 Å². The molecular formula is C22H27N5O5. The van der Waals surface area contributed by atoms with E-state index < -0.39 is 24.5 Å².